The van der Waals surface area contributed by atoms with Crippen LogP contribution in [0.25, 0.3) is 0 Å². The fourth-order valence-corrected chi connectivity index (χ4v) is 3.93. The predicted molar refractivity (Wildman–Crippen MR) is 99.9 cm³/mol. The van der Waals surface area contributed by atoms with Crippen molar-refractivity contribution in [2.75, 3.05) is 29.9 Å². The highest BCUT2D eigenvalue weighted by molar-refractivity contribution is 5.73. The number of rotatable bonds is 5. The summed E-state index contributed by atoms with van der Waals surface area (Å²) in [7, 11) is 0. The Labute approximate surface area is 150 Å². The third kappa shape index (κ3) is 4.66. The Hall–Kier alpha value is -1.75. The number of nitrogens with one attached hydrogen (secondary N) is 1. The Balaban J connectivity index is 1.58. The number of ether oxygens (including phenoxy) is 1. The van der Waals surface area contributed by atoms with E-state index >= 15 is 0 Å². The van der Waals surface area contributed by atoms with Gasteiger partial charge in [-0.05, 0) is 57.6 Å². The minimum Gasteiger partial charge on any atom is -0.466 e. The van der Waals surface area contributed by atoms with Gasteiger partial charge in [0.05, 0.1) is 30.0 Å². The monoisotopic (exact) mass is 346 g/mol. The van der Waals surface area contributed by atoms with Gasteiger partial charge in [-0.2, -0.15) is 0 Å². The lowest BCUT2D eigenvalue weighted by atomic mass is 9.86. The van der Waals surface area contributed by atoms with E-state index < -0.39 is 0 Å². The first-order valence-corrected chi connectivity index (χ1v) is 9.62. The second-order valence-electron chi connectivity index (χ2n) is 7.18. The largest absolute Gasteiger partial charge is 0.466 e. The molecule has 0 amide bonds. The molecule has 5 heteroatoms. The van der Waals surface area contributed by atoms with E-state index in [-0.39, 0.29) is 18.0 Å². The highest BCUT2D eigenvalue weighted by Gasteiger charge is 2.28. The van der Waals surface area contributed by atoms with Crippen LogP contribution in [0, 0.1) is 5.92 Å². The molecule has 0 spiro atoms. The van der Waals surface area contributed by atoms with Crippen molar-refractivity contribution in [2.45, 2.75) is 57.6 Å². The number of benzene rings is 1. The van der Waals surface area contributed by atoms with Crippen LogP contribution in [0.1, 0.15) is 45.4 Å². The van der Waals surface area contributed by atoms with Crippen LogP contribution >= 0.6 is 0 Å². The molecular weight excluding hydrogens is 316 g/mol. The van der Waals surface area contributed by atoms with Crippen molar-refractivity contribution in [1.82, 2.24) is 0 Å². The number of esters is 1. The van der Waals surface area contributed by atoms with Crippen molar-refractivity contribution >= 4 is 17.3 Å². The third-order valence-electron chi connectivity index (χ3n) is 5.42. The average Bonchev–Trinajstić information content (AvgIpc) is 2.64. The molecule has 25 heavy (non-hydrogen) atoms. The van der Waals surface area contributed by atoms with E-state index in [0.717, 1.165) is 51.6 Å². The number of carbonyl (C=O) groups excluding carboxylic acids is 1. The molecule has 1 aliphatic heterocycles. The number of aliphatic hydroxyl groups is 1. The summed E-state index contributed by atoms with van der Waals surface area (Å²) in [5, 5.41) is 13.4. The van der Waals surface area contributed by atoms with Gasteiger partial charge in [-0.1, -0.05) is 12.1 Å². The summed E-state index contributed by atoms with van der Waals surface area (Å²) >= 11 is 0. The molecular formula is C20H30N2O3. The highest BCUT2D eigenvalue weighted by atomic mass is 16.5. The SMILES string of the molecule is CCOC(=O)C1CCC(Nc2ccccc2N2CCC(O)CC2)CC1. The van der Waals surface area contributed by atoms with E-state index in [1.165, 1.54) is 11.4 Å². The molecule has 138 valence electrons. The van der Waals surface area contributed by atoms with E-state index in [0.29, 0.717) is 12.6 Å². The first-order valence-electron chi connectivity index (χ1n) is 9.62. The summed E-state index contributed by atoms with van der Waals surface area (Å²) < 4.78 is 5.16. The quantitative estimate of drug-likeness (QED) is 0.802. The van der Waals surface area contributed by atoms with Gasteiger partial charge in [0.1, 0.15) is 0 Å². The van der Waals surface area contributed by atoms with Gasteiger partial charge in [-0.15, -0.1) is 0 Å². The third-order valence-corrected chi connectivity index (χ3v) is 5.42. The summed E-state index contributed by atoms with van der Waals surface area (Å²) in [6.07, 6.45) is 5.29. The van der Waals surface area contributed by atoms with Crippen molar-refractivity contribution in [2.24, 2.45) is 5.92 Å². The van der Waals surface area contributed by atoms with Crippen LogP contribution in [0.5, 0.6) is 0 Å². The Morgan fingerprint density at radius 3 is 2.52 bits per heavy atom. The van der Waals surface area contributed by atoms with Crippen LogP contribution < -0.4 is 10.2 Å². The van der Waals surface area contributed by atoms with Crippen molar-refractivity contribution in [3.05, 3.63) is 24.3 Å². The number of nitrogens with zero attached hydrogens (tertiary/aromatic N) is 1. The number of aliphatic hydroxyl groups excluding tert-OH is 1. The zero-order valence-electron chi connectivity index (χ0n) is 15.1. The highest BCUT2D eigenvalue weighted by Crippen LogP contribution is 2.32. The molecule has 0 radical (unpaired) electrons. The average molecular weight is 346 g/mol. The second-order valence-corrected chi connectivity index (χ2v) is 7.18. The first kappa shape index (κ1) is 18.1. The Kier molecular flexibility index (Phi) is 6.19. The molecule has 5 nitrogen and oxygen atoms in total. The molecule has 3 rings (SSSR count). The molecule has 2 fully saturated rings. The summed E-state index contributed by atoms with van der Waals surface area (Å²) in [5.74, 6) is 0.0325. The predicted octanol–water partition coefficient (Wildman–Crippen LogP) is 3.18. The fourth-order valence-electron chi connectivity index (χ4n) is 3.93. The molecule has 1 aromatic carbocycles. The number of para-hydroxylation sites is 2. The number of hydrogen-bond donors (Lipinski definition) is 2. The number of piperidine rings is 1. The van der Waals surface area contributed by atoms with Crippen LogP contribution in [0.15, 0.2) is 24.3 Å². The van der Waals surface area contributed by atoms with E-state index in [9.17, 15) is 9.90 Å². The maximum atomic E-state index is 11.9. The van der Waals surface area contributed by atoms with Crippen LogP contribution in [-0.2, 0) is 9.53 Å². The maximum Gasteiger partial charge on any atom is 0.308 e. The number of hydrogen-bond acceptors (Lipinski definition) is 5. The Bertz CT molecular complexity index is 562. The fraction of sp³-hybridized carbons (Fsp3) is 0.650. The first-order chi connectivity index (χ1) is 12.2. The van der Waals surface area contributed by atoms with Crippen LogP contribution in [0.4, 0.5) is 11.4 Å². The smallest absolute Gasteiger partial charge is 0.308 e. The van der Waals surface area contributed by atoms with E-state index in [2.05, 4.69) is 34.5 Å². The van der Waals surface area contributed by atoms with Crippen LogP contribution in [0.2, 0.25) is 0 Å². The lowest BCUT2D eigenvalue weighted by Crippen LogP contribution is -2.36. The Morgan fingerprint density at radius 1 is 1.16 bits per heavy atom. The molecule has 1 heterocycles. The van der Waals surface area contributed by atoms with Crippen molar-refractivity contribution in [3.63, 3.8) is 0 Å². The van der Waals surface area contributed by atoms with Crippen molar-refractivity contribution in [1.29, 1.82) is 0 Å². The maximum absolute atomic E-state index is 11.9. The van der Waals surface area contributed by atoms with Gasteiger partial charge in [0.2, 0.25) is 0 Å². The molecule has 2 N–H and O–H groups in total. The molecule has 0 aromatic heterocycles. The van der Waals surface area contributed by atoms with Gasteiger partial charge in [-0.3, -0.25) is 4.79 Å². The number of carbonyl (C=O) groups is 1. The van der Waals surface area contributed by atoms with Crippen LogP contribution in [0.3, 0.4) is 0 Å². The molecule has 2 aliphatic rings. The van der Waals surface area contributed by atoms with E-state index in [4.69, 9.17) is 4.74 Å². The molecule has 1 aromatic rings. The van der Waals surface area contributed by atoms with Gasteiger partial charge < -0.3 is 20.1 Å². The minimum absolute atomic E-state index is 0.0341. The molecule has 1 aliphatic carbocycles. The molecule has 1 saturated carbocycles. The van der Waals surface area contributed by atoms with Gasteiger partial charge >= 0.3 is 5.97 Å². The van der Waals surface area contributed by atoms with Gasteiger partial charge in [0.25, 0.3) is 0 Å². The topological polar surface area (TPSA) is 61.8 Å². The lowest BCUT2D eigenvalue weighted by Gasteiger charge is -2.34. The molecule has 1 saturated heterocycles. The normalized spacial score (nSPS) is 24.8. The van der Waals surface area contributed by atoms with Gasteiger partial charge in [0, 0.05) is 19.1 Å². The minimum atomic E-state index is -0.158. The molecule has 0 unspecified atom stereocenters. The summed E-state index contributed by atoms with van der Waals surface area (Å²) in [4.78, 5) is 14.2. The summed E-state index contributed by atoms with van der Waals surface area (Å²) in [6.45, 7) is 4.13. The standard InChI is InChI=1S/C20H30N2O3/c1-2-25-20(24)15-7-9-16(10-8-15)21-18-5-3-4-6-19(18)22-13-11-17(23)12-14-22/h3-6,15-17,21,23H,2,7-14H2,1H3. The van der Waals surface area contributed by atoms with Crippen LogP contribution in [-0.4, -0.2) is 42.9 Å². The number of anilines is 2. The summed E-state index contributed by atoms with van der Waals surface area (Å²) in [6, 6.07) is 8.84. The van der Waals surface area contributed by atoms with Crippen molar-refractivity contribution < 1.29 is 14.6 Å². The van der Waals surface area contributed by atoms with E-state index in [1.54, 1.807) is 0 Å². The second kappa shape index (κ2) is 8.56. The van der Waals surface area contributed by atoms with Gasteiger partial charge in [0.15, 0.2) is 0 Å². The molecule has 0 atom stereocenters. The van der Waals surface area contributed by atoms with Crippen molar-refractivity contribution in [3.8, 4) is 0 Å². The molecule has 0 bridgehead atoms. The zero-order chi connectivity index (χ0) is 17.6. The zero-order valence-corrected chi connectivity index (χ0v) is 15.1. The lowest BCUT2D eigenvalue weighted by molar-refractivity contribution is -0.149. The Morgan fingerprint density at radius 2 is 1.84 bits per heavy atom. The van der Waals surface area contributed by atoms with E-state index in [1.807, 2.05) is 6.92 Å². The van der Waals surface area contributed by atoms with Gasteiger partial charge in [-0.25, -0.2) is 0 Å². The summed E-state index contributed by atoms with van der Waals surface area (Å²) in [5.41, 5.74) is 2.39.